The SMILES string of the molecule is CC(=O)NCCCc1ccc(/C(C)=C/CC(C)(F)F)cc1. The Kier molecular flexibility index (Phi) is 6.53. The maximum atomic E-state index is 12.8. The molecular weight excluding hydrogens is 272 g/mol. The molecule has 116 valence electrons. The molecule has 0 bridgehead atoms. The minimum Gasteiger partial charge on any atom is -0.356 e. The fourth-order valence-corrected chi connectivity index (χ4v) is 1.94. The summed E-state index contributed by atoms with van der Waals surface area (Å²) in [6, 6.07) is 7.91. The predicted molar refractivity (Wildman–Crippen MR) is 82.3 cm³/mol. The van der Waals surface area contributed by atoms with Gasteiger partial charge in [0.15, 0.2) is 0 Å². The molecule has 0 aromatic heterocycles. The van der Waals surface area contributed by atoms with Gasteiger partial charge in [-0.15, -0.1) is 0 Å². The highest BCUT2D eigenvalue weighted by Gasteiger charge is 2.18. The lowest BCUT2D eigenvalue weighted by molar-refractivity contribution is -0.118. The van der Waals surface area contributed by atoms with Gasteiger partial charge in [0.1, 0.15) is 0 Å². The maximum absolute atomic E-state index is 12.8. The zero-order chi connectivity index (χ0) is 15.9. The molecule has 0 unspecified atom stereocenters. The molecule has 1 aromatic rings. The normalized spacial score (nSPS) is 12.3. The fourth-order valence-electron chi connectivity index (χ4n) is 1.94. The molecule has 0 aliphatic carbocycles. The van der Waals surface area contributed by atoms with Crippen LogP contribution >= 0.6 is 0 Å². The summed E-state index contributed by atoms with van der Waals surface area (Å²) in [6.45, 7) is 4.94. The molecule has 0 saturated carbocycles. The second-order valence-corrected chi connectivity index (χ2v) is 5.44. The molecule has 4 heteroatoms. The van der Waals surface area contributed by atoms with E-state index >= 15 is 0 Å². The molecule has 0 aliphatic rings. The molecule has 0 atom stereocenters. The first kappa shape index (κ1) is 17.3. The molecule has 1 rings (SSSR count). The van der Waals surface area contributed by atoms with Crippen molar-refractivity contribution in [3.63, 3.8) is 0 Å². The minimum absolute atomic E-state index is 0.0150. The van der Waals surface area contributed by atoms with Gasteiger partial charge in [-0.3, -0.25) is 4.79 Å². The van der Waals surface area contributed by atoms with Crippen LogP contribution < -0.4 is 5.32 Å². The first-order valence-electron chi connectivity index (χ1n) is 7.16. The minimum atomic E-state index is -2.66. The Labute approximate surface area is 125 Å². The highest BCUT2D eigenvalue weighted by atomic mass is 19.3. The number of benzene rings is 1. The lowest BCUT2D eigenvalue weighted by atomic mass is 10.0. The smallest absolute Gasteiger partial charge is 0.248 e. The molecule has 1 amide bonds. The molecule has 0 fully saturated rings. The fraction of sp³-hybridized carbons (Fsp3) is 0.471. The molecule has 2 nitrogen and oxygen atoms in total. The van der Waals surface area contributed by atoms with Crippen molar-refractivity contribution in [3.05, 3.63) is 41.5 Å². The van der Waals surface area contributed by atoms with Crippen molar-refractivity contribution in [2.75, 3.05) is 6.54 Å². The molecule has 0 heterocycles. The van der Waals surface area contributed by atoms with Crippen LogP contribution in [0.25, 0.3) is 5.57 Å². The van der Waals surface area contributed by atoms with E-state index in [2.05, 4.69) is 5.32 Å². The van der Waals surface area contributed by atoms with Crippen LogP contribution in [-0.4, -0.2) is 18.4 Å². The third-order valence-corrected chi connectivity index (χ3v) is 3.19. The Morgan fingerprint density at radius 2 is 1.86 bits per heavy atom. The summed E-state index contributed by atoms with van der Waals surface area (Å²) in [4.78, 5) is 10.7. The Morgan fingerprint density at radius 3 is 2.38 bits per heavy atom. The summed E-state index contributed by atoms with van der Waals surface area (Å²) in [5, 5.41) is 2.76. The highest BCUT2D eigenvalue weighted by molar-refractivity contribution is 5.72. The number of allylic oxidation sites excluding steroid dienone is 2. The van der Waals surface area contributed by atoms with Crippen LogP contribution in [0.3, 0.4) is 0 Å². The monoisotopic (exact) mass is 295 g/mol. The summed E-state index contributed by atoms with van der Waals surface area (Å²) in [7, 11) is 0. The first-order valence-corrected chi connectivity index (χ1v) is 7.16. The summed E-state index contributed by atoms with van der Waals surface area (Å²) in [5.41, 5.74) is 3.00. The van der Waals surface area contributed by atoms with Gasteiger partial charge in [0, 0.05) is 19.9 Å². The van der Waals surface area contributed by atoms with Crippen molar-refractivity contribution >= 4 is 11.5 Å². The van der Waals surface area contributed by atoms with Crippen molar-refractivity contribution in [2.45, 2.75) is 46.0 Å². The topological polar surface area (TPSA) is 29.1 Å². The van der Waals surface area contributed by atoms with Crippen molar-refractivity contribution in [1.82, 2.24) is 5.32 Å². The number of carbonyl (C=O) groups is 1. The summed E-state index contributed by atoms with van der Waals surface area (Å²) in [6.07, 6.45) is 3.11. The zero-order valence-corrected chi connectivity index (χ0v) is 12.9. The van der Waals surface area contributed by atoms with Gasteiger partial charge in [0.25, 0.3) is 0 Å². The van der Waals surface area contributed by atoms with Crippen molar-refractivity contribution < 1.29 is 13.6 Å². The van der Waals surface area contributed by atoms with E-state index in [4.69, 9.17) is 0 Å². The largest absolute Gasteiger partial charge is 0.356 e. The average Bonchev–Trinajstić information content (AvgIpc) is 2.40. The number of carbonyl (C=O) groups excluding carboxylic acids is 1. The molecule has 1 N–H and O–H groups in total. The van der Waals surface area contributed by atoms with Gasteiger partial charge in [-0.25, -0.2) is 8.78 Å². The number of aryl methyl sites for hydroxylation is 1. The van der Waals surface area contributed by atoms with Crippen LogP contribution in [0, 0.1) is 0 Å². The van der Waals surface area contributed by atoms with Crippen molar-refractivity contribution in [2.24, 2.45) is 0 Å². The lowest BCUT2D eigenvalue weighted by Crippen LogP contribution is -2.21. The molecule has 1 aromatic carbocycles. The van der Waals surface area contributed by atoms with Gasteiger partial charge in [-0.2, -0.15) is 0 Å². The standard InChI is InChI=1S/C17H23F2NO/c1-13(10-11-17(3,18)19)16-8-6-15(7-9-16)5-4-12-20-14(2)21/h6-10H,4-5,11-12H2,1-3H3,(H,20,21)/b13-10+. The van der Waals surface area contributed by atoms with Gasteiger partial charge >= 0.3 is 0 Å². The van der Waals surface area contributed by atoms with Gasteiger partial charge in [0.05, 0.1) is 0 Å². The third kappa shape index (κ3) is 7.59. The van der Waals surface area contributed by atoms with Crippen molar-refractivity contribution in [3.8, 4) is 0 Å². The van der Waals surface area contributed by atoms with Crippen LogP contribution in [0.4, 0.5) is 8.78 Å². The van der Waals surface area contributed by atoms with Crippen LogP contribution in [0.5, 0.6) is 0 Å². The molecule has 21 heavy (non-hydrogen) atoms. The van der Waals surface area contributed by atoms with Gasteiger partial charge in [-0.05, 0) is 43.4 Å². The molecule has 0 spiro atoms. The number of hydrogen-bond donors (Lipinski definition) is 1. The number of nitrogens with one attached hydrogen (secondary N) is 1. The number of halogens is 2. The van der Waals surface area contributed by atoms with E-state index in [-0.39, 0.29) is 12.3 Å². The number of hydrogen-bond acceptors (Lipinski definition) is 1. The number of amides is 1. The van der Waals surface area contributed by atoms with Gasteiger partial charge < -0.3 is 5.32 Å². The zero-order valence-electron chi connectivity index (χ0n) is 12.9. The van der Waals surface area contributed by atoms with Gasteiger partial charge in [-0.1, -0.05) is 30.3 Å². The lowest BCUT2D eigenvalue weighted by Gasteiger charge is -2.08. The van der Waals surface area contributed by atoms with Crippen LogP contribution in [0.15, 0.2) is 30.3 Å². The molecular formula is C17H23F2NO. The quantitative estimate of drug-likeness (QED) is 0.750. The van der Waals surface area contributed by atoms with Crippen LogP contribution in [0.2, 0.25) is 0 Å². The summed E-state index contributed by atoms with van der Waals surface area (Å²) >= 11 is 0. The first-order chi connectivity index (χ1) is 9.78. The third-order valence-electron chi connectivity index (χ3n) is 3.19. The van der Waals surface area contributed by atoms with E-state index in [1.807, 2.05) is 31.2 Å². The average molecular weight is 295 g/mol. The molecule has 0 saturated heterocycles. The van der Waals surface area contributed by atoms with E-state index in [1.54, 1.807) is 6.08 Å². The maximum Gasteiger partial charge on any atom is 0.248 e. The van der Waals surface area contributed by atoms with E-state index in [0.717, 1.165) is 30.9 Å². The van der Waals surface area contributed by atoms with Crippen LogP contribution in [-0.2, 0) is 11.2 Å². The van der Waals surface area contributed by atoms with E-state index in [0.29, 0.717) is 6.54 Å². The summed E-state index contributed by atoms with van der Waals surface area (Å²) < 4.78 is 25.6. The molecule has 0 aliphatic heterocycles. The second kappa shape index (κ2) is 7.91. The number of alkyl halides is 2. The van der Waals surface area contributed by atoms with E-state index in [9.17, 15) is 13.6 Å². The number of rotatable bonds is 7. The Balaban J connectivity index is 2.51. The Bertz CT molecular complexity index is 487. The van der Waals surface area contributed by atoms with Crippen LogP contribution in [0.1, 0.15) is 44.7 Å². The summed E-state index contributed by atoms with van der Waals surface area (Å²) in [5.74, 6) is -2.68. The predicted octanol–water partition coefficient (Wildman–Crippen LogP) is 4.20. The Morgan fingerprint density at radius 1 is 1.24 bits per heavy atom. The molecule has 0 radical (unpaired) electrons. The van der Waals surface area contributed by atoms with Crippen molar-refractivity contribution in [1.29, 1.82) is 0 Å². The highest BCUT2D eigenvalue weighted by Crippen LogP contribution is 2.22. The Hall–Kier alpha value is -1.71. The second-order valence-electron chi connectivity index (χ2n) is 5.44. The van der Waals surface area contributed by atoms with E-state index < -0.39 is 5.92 Å². The van der Waals surface area contributed by atoms with Gasteiger partial charge in [0.2, 0.25) is 11.8 Å². The van der Waals surface area contributed by atoms with E-state index in [1.165, 1.54) is 12.5 Å².